The minimum atomic E-state index is -0.335. The van der Waals surface area contributed by atoms with Gasteiger partial charge in [-0.3, -0.25) is 9.59 Å². The van der Waals surface area contributed by atoms with Crippen molar-refractivity contribution in [2.45, 2.75) is 31.3 Å². The number of hydrogen-bond donors (Lipinski definition) is 1. The Morgan fingerprint density at radius 1 is 1.21 bits per heavy atom. The van der Waals surface area contributed by atoms with E-state index in [1.807, 2.05) is 35.7 Å². The number of nitrogens with one attached hydrogen (secondary N) is 1. The number of carbonyl (C=O) groups excluding carboxylic acids is 2. The summed E-state index contributed by atoms with van der Waals surface area (Å²) in [7, 11) is 0. The highest BCUT2D eigenvalue weighted by molar-refractivity contribution is 7.10. The lowest BCUT2D eigenvalue weighted by molar-refractivity contribution is -0.126. The lowest BCUT2D eigenvalue weighted by Gasteiger charge is -2.14. The van der Waals surface area contributed by atoms with E-state index in [0.29, 0.717) is 13.1 Å². The first kappa shape index (κ1) is 15.1. The first-order valence-electron chi connectivity index (χ1n) is 8.01. The maximum atomic E-state index is 12.7. The van der Waals surface area contributed by atoms with E-state index in [4.69, 9.17) is 0 Å². The molecule has 5 heteroatoms. The number of fused-ring (bicyclic) bond motifs is 1. The van der Waals surface area contributed by atoms with Crippen molar-refractivity contribution in [2.75, 3.05) is 5.32 Å². The fourth-order valence-corrected chi connectivity index (χ4v) is 4.25. The van der Waals surface area contributed by atoms with Crippen molar-refractivity contribution < 1.29 is 9.59 Å². The summed E-state index contributed by atoms with van der Waals surface area (Å²) in [5.74, 6) is 0.00772. The second-order valence-corrected chi connectivity index (χ2v) is 7.34. The first-order chi connectivity index (χ1) is 11.6. The highest BCUT2D eigenvalue weighted by Crippen LogP contribution is 2.50. The minimum absolute atomic E-state index is 0.0635. The number of nitrogens with zero attached hydrogens (tertiary/aromatic N) is 1. The topological polar surface area (TPSA) is 49.4 Å². The zero-order chi connectivity index (χ0) is 16.7. The Morgan fingerprint density at radius 3 is 2.67 bits per heavy atom. The van der Waals surface area contributed by atoms with Crippen LogP contribution in [0.4, 0.5) is 5.69 Å². The number of rotatable bonds is 4. The highest BCUT2D eigenvalue weighted by Gasteiger charge is 2.52. The second kappa shape index (κ2) is 5.60. The zero-order valence-electron chi connectivity index (χ0n) is 13.2. The maximum Gasteiger partial charge on any atom is 0.246 e. The molecule has 4 rings (SSSR count). The van der Waals surface area contributed by atoms with Crippen LogP contribution in [-0.4, -0.2) is 16.7 Å². The van der Waals surface area contributed by atoms with Gasteiger partial charge in [0.1, 0.15) is 0 Å². The molecule has 24 heavy (non-hydrogen) atoms. The van der Waals surface area contributed by atoms with E-state index in [9.17, 15) is 9.59 Å². The molecule has 2 heterocycles. The molecule has 1 N–H and O–H groups in total. The van der Waals surface area contributed by atoms with Crippen molar-refractivity contribution in [3.05, 3.63) is 64.4 Å². The normalized spacial score (nSPS) is 17.2. The van der Waals surface area contributed by atoms with Gasteiger partial charge in [0.15, 0.2) is 0 Å². The van der Waals surface area contributed by atoms with Gasteiger partial charge in [0.25, 0.3) is 0 Å². The molecule has 122 valence electrons. The van der Waals surface area contributed by atoms with Crippen molar-refractivity contribution in [3.8, 4) is 0 Å². The summed E-state index contributed by atoms with van der Waals surface area (Å²) in [5.41, 5.74) is 2.68. The Bertz CT molecular complexity index is 822. The van der Waals surface area contributed by atoms with Crippen LogP contribution in [0.5, 0.6) is 0 Å². The number of thiophene rings is 1. The predicted molar refractivity (Wildman–Crippen MR) is 94.8 cm³/mol. The molecule has 1 aromatic carbocycles. The predicted octanol–water partition coefficient (Wildman–Crippen LogP) is 3.45. The van der Waals surface area contributed by atoms with E-state index in [-0.39, 0.29) is 17.2 Å². The SMILES string of the molecule is C=CC(=O)N1Cc2ccc(NC(=O)C3(c4cccs4)CC3)cc2C1. The quantitative estimate of drug-likeness (QED) is 0.868. The van der Waals surface area contributed by atoms with Crippen LogP contribution in [0.1, 0.15) is 28.8 Å². The van der Waals surface area contributed by atoms with E-state index in [1.165, 1.54) is 6.08 Å². The fraction of sp³-hybridized carbons (Fsp3) is 0.263. The van der Waals surface area contributed by atoms with Crippen LogP contribution in [0, 0.1) is 0 Å². The largest absolute Gasteiger partial charge is 0.331 e. The number of anilines is 1. The van der Waals surface area contributed by atoms with Crippen LogP contribution in [0.3, 0.4) is 0 Å². The molecule has 2 aromatic rings. The molecule has 0 bridgehead atoms. The number of hydrogen-bond acceptors (Lipinski definition) is 3. The molecule has 0 saturated heterocycles. The molecule has 4 nitrogen and oxygen atoms in total. The van der Waals surface area contributed by atoms with Gasteiger partial charge >= 0.3 is 0 Å². The van der Waals surface area contributed by atoms with Gasteiger partial charge in [-0.2, -0.15) is 0 Å². The Balaban J connectivity index is 1.51. The molecule has 2 aliphatic rings. The molecular weight excluding hydrogens is 320 g/mol. The van der Waals surface area contributed by atoms with Crippen molar-refractivity contribution in [1.82, 2.24) is 4.90 Å². The van der Waals surface area contributed by atoms with E-state index in [1.54, 1.807) is 16.2 Å². The molecule has 0 radical (unpaired) electrons. The molecule has 1 aliphatic carbocycles. The summed E-state index contributed by atoms with van der Waals surface area (Å²) in [6.45, 7) is 4.71. The third-order valence-electron chi connectivity index (χ3n) is 4.85. The van der Waals surface area contributed by atoms with Gasteiger partial charge in [0.2, 0.25) is 11.8 Å². The first-order valence-corrected chi connectivity index (χ1v) is 8.89. The van der Waals surface area contributed by atoms with Gasteiger partial charge in [0.05, 0.1) is 5.41 Å². The maximum absolute atomic E-state index is 12.7. The molecule has 0 unspecified atom stereocenters. The average molecular weight is 338 g/mol. The third-order valence-corrected chi connectivity index (χ3v) is 5.92. The molecule has 2 amide bonds. The summed E-state index contributed by atoms with van der Waals surface area (Å²) < 4.78 is 0. The Labute approximate surface area is 144 Å². The number of carbonyl (C=O) groups is 2. The van der Waals surface area contributed by atoms with Crippen LogP contribution in [0.15, 0.2) is 48.4 Å². The van der Waals surface area contributed by atoms with Crippen molar-refractivity contribution in [2.24, 2.45) is 0 Å². The van der Waals surface area contributed by atoms with Gasteiger partial charge in [0, 0.05) is 23.7 Å². The molecule has 1 fully saturated rings. The lowest BCUT2D eigenvalue weighted by Crippen LogP contribution is -2.27. The molecule has 1 aliphatic heterocycles. The average Bonchev–Trinajstić information content (AvgIpc) is 3.03. The minimum Gasteiger partial charge on any atom is -0.331 e. The van der Waals surface area contributed by atoms with E-state index >= 15 is 0 Å². The summed E-state index contributed by atoms with van der Waals surface area (Å²) >= 11 is 1.64. The standard InChI is InChI=1S/C19H18N2O2S/c1-2-17(22)21-11-13-5-6-15(10-14(13)12-21)20-18(23)19(7-8-19)16-4-3-9-24-16/h2-6,9-10H,1,7-8,11-12H2,(H,20,23). The van der Waals surface area contributed by atoms with E-state index in [2.05, 4.69) is 11.9 Å². The summed E-state index contributed by atoms with van der Waals surface area (Å²) in [6.07, 6.45) is 3.16. The van der Waals surface area contributed by atoms with Crippen LogP contribution in [0.2, 0.25) is 0 Å². The van der Waals surface area contributed by atoms with Gasteiger partial charge in [-0.15, -0.1) is 11.3 Å². The Kier molecular flexibility index (Phi) is 3.53. The van der Waals surface area contributed by atoms with Crippen molar-refractivity contribution >= 4 is 28.8 Å². The van der Waals surface area contributed by atoms with Crippen molar-refractivity contribution in [3.63, 3.8) is 0 Å². The van der Waals surface area contributed by atoms with Gasteiger partial charge in [-0.25, -0.2) is 0 Å². The molecule has 0 spiro atoms. The molecule has 1 aromatic heterocycles. The highest BCUT2D eigenvalue weighted by atomic mass is 32.1. The summed E-state index contributed by atoms with van der Waals surface area (Å²) in [4.78, 5) is 27.4. The molecule has 0 atom stereocenters. The smallest absolute Gasteiger partial charge is 0.246 e. The van der Waals surface area contributed by atoms with Crippen LogP contribution < -0.4 is 5.32 Å². The van der Waals surface area contributed by atoms with Gasteiger partial charge in [-0.05, 0) is 53.6 Å². The number of amides is 2. The van der Waals surface area contributed by atoms with Crippen LogP contribution >= 0.6 is 11.3 Å². The fourth-order valence-electron chi connectivity index (χ4n) is 3.27. The number of benzene rings is 1. The lowest BCUT2D eigenvalue weighted by atomic mass is 10.0. The second-order valence-electron chi connectivity index (χ2n) is 6.40. The van der Waals surface area contributed by atoms with Crippen LogP contribution in [-0.2, 0) is 28.1 Å². The summed E-state index contributed by atoms with van der Waals surface area (Å²) in [6, 6.07) is 9.93. The van der Waals surface area contributed by atoms with Gasteiger partial charge < -0.3 is 10.2 Å². The van der Waals surface area contributed by atoms with Crippen molar-refractivity contribution in [1.29, 1.82) is 0 Å². The van der Waals surface area contributed by atoms with E-state index < -0.39 is 0 Å². The Hall–Kier alpha value is -2.40. The van der Waals surface area contributed by atoms with E-state index in [0.717, 1.165) is 34.5 Å². The monoisotopic (exact) mass is 338 g/mol. The van der Waals surface area contributed by atoms with Crippen LogP contribution in [0.25, 0.3) is 0 Å². The summed E-state index contributed by atoms with van der Waals surface area (Å²) in [5, 5.41) is 5.08. The molecular formula is C19H18N2O2S. The molecule has 1 saturated carbocycles. The zero-order valence-corrected chi connectivity index (χ0v) is 14.1. The third kappa shape index (κ3) is 2.45. The Morgan fingerprint density at radius 2 is 2.00 bits per heavy atom. The van der Waals surface area contributed by atoms with Gasteiger partial charge in [-0.1, -0.05) is 18.7 Å².